The van der Waals surface area contributed by atoms with E-state index in [2.05, 4.69) is 0 Å². The zero-order valence-corrected chi connectivity index (χ0v) is 11.5. The molecule has 3 rings (SSSR count). The van der Waals surface area contributed by atoms with Crippen LogP contribution in [0.1, 0.15) is 23.5 Å². The monoisotopic (exact) mass is 284 g/mol. The first kappa shape index (κ1) is 13.5. The van der Waals surface area contributed by atoms with Gasteiger partial charge in [-0.25, -0.2) is 0 Å². The van der Waals surface area contributed by atoms with Gasteiger partial charge in [-0.2, -0.15) is 0 Å². The van der Waals surface area contributed by atoms with E-state index in [0.717, 1.165) is 5.56 Å². The van der Waals surface area contributed by atoms with E-state index in [0.29, 0.717) is 36.7 Å². The molecule has 1 unspecified atom stereocenters. The Hall–Kier alpha value is -2.49. The van der Waals surface area contributed by atoms with Gasteiger partial charge in [0, 0.05) is 5.56 Å². The van der Waals surface area contributed by atoms with Crippen LogP contribution >= 0.6 is 0 Å². The topological polar surface area (TPSA) is 55.8 Å². The van der Waals surface area contributed by atoms with Crippen molar-refractivity contribution in [2.75, 3.05) is 6.61 Å². The molecule has 1 heterocycles. The second-order valence-corrected chi connectivity index (χ2v) is 5.00. The summed E-state index contributed by atoms with van der Waals surface area (Å²) < 4.78 is 11.2. The molecule has 21 heavy (non-hydrogen) atoms. The minimum Gasteiger partial charge on any atom is -0.493 e. The predicted octanol–water partition coefficient (Wildman–Crippen LogP) is 3.22. The minimum absolute atomic E-state index is 0.439. The molecule has 0 radical (unpaired) electrons. The maximum absolute atomic E-state index is 11.3. The van der Waals surface area contributed by atoms with Crippen molar-refractivity contribution in [3.05, 3.63) is 59.7 Å². The van der Waals surface area contributed by atoms with Crippen LogP contribution in [0.2, 0.25) is 0 Å². The average molecular weight is 284 g/mol. The van der Waals surface area contributed by atoms with Crippen molar-refractivity contribution < 1.29 is 19.4 Å². The van der Waals surface area contributed by atoms with Crippen molar-refractivity contribution in [3.63, 3.8) is 0 Å². The van der Waals surface area contributed by atoms with E-state index in [1.165, 1.54) is 0 Å². The maximum atomic E-state index is 11.3. The fourth-order valence-electron chi connectivity index (χ4n) is 2.46. The quantitative estimate of drug-likeness (QED) is 0.936. The number of hydrogen-bond donors (Lipinski definition) is 1. The smallest absolute Gasteiger partial charge is 0.311 e. The number of rotatable bonds is 4. The van der Waals surface area contributed by atoms with Gasteiger partial charge in [0.1, 0.15) is 18.1 Å². The number of benzene rings is 2. The van der Waals surface area contributed by atoms with E-state index < -0.39 is 11.9 Å². The van der Waals surface area contributed by atoms with E-state index in [1.54, 1.807) is 12.1 Å². The molecule has 0 bridgehead atoms. The van der Waals surface area contributed by atoms with Gasteiger partial charge in [-0.1, -0.05) is 30.3 Å². The molecule has 0 aliphatic carbocycles. The van der Waals surface area contributed by atoms with Crippen molar-refractivity contribution >= 4 is 5.97 Å². The first-order valence-electron chi connectivity index (χ1n) is 6.90. The highest BCUT2D eigenvalue weighted by molar-refractivity contribution is 5.77. The van der Waals surface area contributed by atoms with E-state index in [1.807, 2.05) is 36.4 Å². The van der Waals surface area contributed by atoms with Crippen LogP contribution in [0.5, 0.6) is 11.5 Å². The van der Waals surface area contributed by atoms with Crippen LogP contribution in [-0.4, -0.2) is 17.7 Å². The normalized spacial score (nSPS) is 16.7. The highest BCUT2D eigenvalue weighted by Gasteiger charge is 2.27. The van der Waals surface area contributed by atoms with Crippen molar-refractivity contribution in [1.29, 1.82) is 0 Å². The van der Waals surface area contributed by atoms with Crippen molar-refractivity contribution in [2.45, 2.75) is 18.9 Å². The number of carboxylic acid groups (broad SMARTS) is 1. The zero-order chi connectivity index (χ0) is 14.7. The van der Waals surface area contributed by atoms with E-state index >= 15 is 0 Å². The summed E-state index contributed by atoms with van der Waals surface area (Å²) in [7, 11) is 0. The summed E-state index contributed by atoms with van der Waals surface area (Å²) in [6.07, 6.45) is 0.491. The summed E-state index contributed by atoms with van der Waals surface area (Å²) >= 11 is 0. The van der Waals surface area contributed by atoms with Gasteiger partial charge in [0.2, 0.25) is 0 Å². The molecule has 2 aromatic rings. The fourth-order valence-corrected chi connectivity index (χ4v) is 2.46. The van der Waals surface area contributed by atoms with Crippen molar-refractivity contribution in [1.82, 2.24) is 0 Å². The van der Waals surface area contributed by atoms with Gasteiger partial charge >= 0.3 is 5.97 Å². The van der Waals surface area contributed by atoms with Gasteiger partial charge in [-0.05, 0) is 30.2 Å². The zero-order valence-electron chi connectivity index (χ0n) is 11.5. The lowest BCUT2D eigenvalue weighted by Crippen LogP contribution is -2.20. The van der Waals surface area contributed by atoms with Crippen LogP contribution in [0.25, 0.3) is 0 Å². The second-order valence-electron chi connectivity index (χ2n) is 5.00. The Kier molecular flexibility index (Phi) is 3.77. The van der Waals surface area contributed by atoms with E-state index in [-0.39, 0.29) is 0 Å². The first-order valence-corrected chi connectivity index (χ1v) is 6.90. The van der Waals surface area contributed by atoms with Gasteiger partial charge < -0.3 is 14.6 Å². The number of ether oxygens (including phenoxy) is 2. The van der Waals surface area contributed by atoms with Gasteiger partial charge in [0.15, 0.2) is 0 Å². The molecule has 4 heteroatoms. The lowest BCUT2D eigenvalue weighted by atomic mass is 9.93. The summed E-state index contributed by atoms with van der Waals surface area (Å²) in [6, 6.07) is 15.2. The molecule has 1 aliphatic heterocycles. The highest BCUT2D eigenvalue weighted by atomic mass is 16.5. The number of aliphatic carboxylic acids is 1. The largest absolute Gasteiger partial charge is 0.493 e. The Morgan fingerprint density at radius 1 is 1.24 bits per heavy atom. The number of hydrogen-bond acceptors (Lipinski definition) is 3. The Labute approximate surface area is 122 Å². The molecule has 0 saturated heterocycles. The van der Waals surface area contributed by atoms with Gasteiger partial charge in [0.05, 0.1) is 12.5 Å². The molecule has 1 N–H and O–H groups in total. The summed E-state index contributed by atoms with van der Waals surface area (Å²) in [5, 5.41) is 9.29. The molecule has 108 valence electrons. The van der Waals surface area contributed by atoms with Gasteiger partial charge in [0.25, 0.3) is 0 Å². The van der Waals surface area contributed by atoms with E-state index in [9.17, 15) is 9.90 Å². The third-order valence-corrected chi connectivity index (χ3v) is 3.57. The molecule has 0 spiro atoms. The second kappa shape index (κ2) is 5.87. The highest BCUT2D eigenvalue weighted by Crippen LogP contribution is 2.36. The summed E-state index contributed by atoms with van der Waals surface area (Å²) in [4.78, 5) is 11.3. The third kappa shape index (κ3) is 2.99. The van der Waals surface area contributed by atoms with Crippen molar-refractivity contribution in [2.24, 2.45) is 0 Å². The lowest BCUT2D eigenvalue weighted by molar-refractivity contribution is -0.139. The van der Waals surface area contributed by atoms with Crippen LogP contribution in [0.3, 0.4) is 0 Å². The number of fused-ring (bicyclic) bond motifs is 1. The number of carbonyl (C=O) groups is 1. The van der Waals surface area contributed by atoms with Crippen LogP contribution in [0, 0.1) is 0 Å². The predicted molar refractivity (Wildman–Crippen MR) is 77.7 cm³/mol. The number of carboxylic acids is 1. The van der Waals surface area contributed by atoms with Crippen LogP contribution in [0.15, 0.2) is 48.5 Å². The fraction of sp³-hybridized carbons (Fsp3) is 0.235. The Morgan fingerprint density at radius 2 is 2.05 bits per heavy atom. The average Bonchev–Trinajstić information content (AvgIpc) is 2.53. The molecule has 0 fully saturated rings. The SMILES string of the molecule is O=C(O)C1CCOc2ccc(OCc3ccccc3)cc21. The molecular weight excluding hydrogens is 268 g/mol. The van der Waals surface area contributed by atoms with Crippen LogP contribution < -0.4 is 9.47 Å². The summed E-state index contributed by atoms with van der Waals surface area (Å²) in [5.74, 6) is -0.0381. The Balaban J connectivity index is 1.78. The molecule has 1 aliphatic rings. The van der Waals surface area contributed by atoms with Crippen LogP contribution in [0.4, 0.5) is 0 Å². The molecule has 0 aromatic heterocycles. The summed E-state index contributed by atoms with van der Waals surface area (Å²) in [5.41, 5.74) is 1.76. The van der Waals surface area contributed by atoms with Gasteiger partial charge in [-0.3, -0.25) is 4.79 Å². The summed E-state index contributed by atoms with van der Waals surface area (Å²) in [6.45, 7) is 0.895. The van der Waals surface area contributed by atoms with E-state index in [4.69, 9.17) is 9.47 Å². The first-order chi connectivity index (χ1) is 10.2. The molecule has 1 atom stereocenters. The van der Waals surface area contributed by atoms with Crippen molar-refractivity contribution in [3.8, 4) is 11.5 Å². The van der Waals surface area contributed by atoms with Crippen LogP contribution in [-0.2, 0) is 11.4 Å². The molecule has 0 amide bonds. The molecular formula is C17H16O4. The Bertz CT molecular complexity index is 636. The third-order valence-electron chi connectivity index (χ3n) is 3.57. The lowest BCUT2D eigenvalue weighted by Gasteiger charge is -2.23. The Morgan fingerprint density at radius 3 is 2.81 bits per heavy atom. The molecule has 0 saturated carbocycles. The maximum Gasteiger partial charge on any atom is 0.311 e. The molecule has 2 aromatic carbocycles. The standard InChI is InChI=1S/C17H16O4/c18-17(19)14-8-9-20-16-7-6-13(10-15(14)16)21-11-12-4-2-1-3-5-12/h1-7,10,14H,8-9,11H2,(H,18,19). The minimum atomic E-state index is -0.820. The molecule has 4 nitrogen and oxygen atoms in total. The van der Waals surface area contributed by atoms with Gasteiger partial charge in [-0.15, -0.1) is 0 Å².